The SMILES string of the molecule is Fc1c(F)c(F)c2[n-]c(-c3ccccn3)nc2c1F.[Rh]. The first kappa shape index (κ1) is 14.6. The van der Waals surface area contributed by atoms with E-state index in [1.54, 1.807) is 12.1 Å². The first-order chi connectivity index (χ1) is 9.09. The van der Waals surface area contributed by atoms with Gasteiger partial charge in [0.25, 0.3) is 0 Å². The van der Waals surface area contributed by atoms with Gasteiger partial charge in [-0.15, -0.1) is 0 Å². The monoisotopic (exact) mass is 369 g/mol. The summed E-state index contributed by atoms with van der Waals surface area (Å²) in [6, 6.07) is 4.76. The maximum atomic E-state index is 13.5. The summed E-state index contributed by atoms with van der Waals surface area (Å²) in [6.07, 6.45) is 1.43. The van der Waals surface area contributed by atoms with E-state index in [1.807, 2.05) is 0 Å². The fourth-order valence-electron chi connectivity index (χ4n) is 1.66. The maximum absolute atomic E-state index is 13.5. The molecule has 3 rings (SSSR count). The molecule has 8 heteroatoms. The molecule has 0 saturated carbocycles. The van der Waals surface area contributed by atoms with E-state index < -0.39 is 34.3 Å². The molecular weight excluding hydrogens is 365 g/mol. The van der Waals surface area contributed by atoms with Crippen LogP contribution in [-0.4, -0.2) is 9.97 Å². The van der Waals surface area contributed by atoms with E-state index >= 15 is 0 Å². The van der Waals surface area contributed by atoms with Crippen molar-refractivity contribution in [2.75, 3.05) is 0 Å². The fraction of sp³-hybridized carbons (Fsp3) is 0. The van der Waals surface area contributed by atoms with Crippen molar-refractivity contribution in [3.63, 3.8) is 0 Å². The molecule has 0 aliphatic carbocycles. The normalized spacial score (nSPS) is 10.6. The van der Waals surface area contributed by atoms with Gasteiger partial charge in [-0.1, -0.05) is 6.07 Å². The fourth-order valence-corrected chi connectivity index (χ4v) is 1.66. The molecule has 2 aromatic heterocycles. The van der Waals surface area contributed by atoms with Crippen LogP contribution in [0.5, 0.6) is 0 Å². The zero-order valence-corrected chi connectivity index (χ0v) is 11.1. The van der Waals surface area contributed by atoms with Crippen molar-refractivity contribution < 1.29 is 37.0 Å². The Bertz CT molecular complexity index is 728. The molecule has 0 aliphatic rings. The quantitative estimate of drug-likeness (QED) is 0.287. The number of rotatable bonds is 1. The number of benzene rings is 1. The Morgan fingerprint density at radius 3 is 2.25 bits per heavy atom. The minimum atomic E-state index is -1.91. The Labute approximate surface area is 122 Å². The molecule has 0 saturated heterocycles. The van der Waals surface area contributed by atoms with E-state index in [-0.39, 0.29) is 31.0 Å². The summed E-state index contributed by atoms with van der Waals surface area (Å²) in [5.41, 5.74) is -1.06. The van der Waals surface area contributed by atoms with Crippen LogP contribution in [0.4, 0.5) is 17.6 Å². The average molecular weight is 369 g/mol. The molecule has 0 atom stereocenters. The number of halogens is 4. The van der Waals surface area contributed by atoms with Crippen molar-refractivity contribution in [1.82, 2.24) is 15.0 Å². The molecule has 0 unspecified atom stereocenters. The van der Waals surface area contributed by atoms with Crippen LogP contribution in [0, 0.1) is 23.3 Å². The van der Waals surface area contributed by atoms with Crippen LogP contribution in [0.1, 0.15) is 0 Å². The molecule has 0 amide bonds. The summed E-state index contributed by atoms with van der Waals surface area (Å²) < 4.78 is 53.0. The van der Waals surface area contributed by atoms with E-state index in [4.69, 9.17) is 0 Å². The summed E-state index contributed by atoms with van der Waals surface area (Å²) in [5, 5.41) is 0. The Kier molecular flexibility index (Phi) is 3.85. The van der Waals surface area contributed by atoms with Gasteiger partial charge in [-0.2, -0.15) is 0 Å². The minimum Gasteiger partial charge on any atom is -0.432 e. The minimum absolute atomic E-state index is 0. The van der Waals surface area contributed by atoms with Gasteiger partial charge in [-0.05, 0) is 18.0 Å². The van der Waals surface area contributed by atoms with Gasteiger partial charge in [-0.25, -0.2) is 17.6 Å². The van der Waals surface area contributed by atoms with E-state index in [2.05, 4.69) is 15.0 Å². The molecule has 0 spiro atoms. The average Bonchev–Trinajstić information content (AvgIpc) is 2.89. The Morgan fingerprint density at radius 1 is 0.900 bits per heavy atom. The second kappa shape index (κ2) is 5.28. The molecule has 3 aromatic rings. The number of pyridine rings is 1. The van der Waals surface area contributed by atoms with E-state index in [9.17, 15) is 17.6 Å². The predicted octanol–water partition coefficient (Wildman–Crippen LogP) is 2.81. The van der Waals surface area contributed by atoms with Crippen LogP contribution in [0.15, 0.2) is 24.4 Å². The zero-order chi connectivity index (χ0) is 13.6. The zero-order valence-electron chi connectivity index (χ0n) is 9.50. The van der Waals surface area contributed by atoms with Gasteiger partial charge < -0.3 is 9.97 Å². The van der Waals surface area contributed by atoms with E-state index in [0.717, 1.165) is 0 Å². The van der Waals surface area contributed by atoms with Crippen LogP contribution in [0.3, 0.4) is 0 Å². The van der Waals surface area contributed by atoms with Gasteiger partial charge in [-0.3, -0.25) is 4.98 Å². The van der Waals surface area contributed by atoms with Crippen LogP contribution in [0.25, 0.3) is 22.6 Å². The van der Waals surface area contributed by atoms with Crippen molar-refractivity contribution in [1.29, 1.82) is 0 Å². The summed E-state index contributed by atoms with van der Waals surface area (Å²) >= 11 is 0. The number of imidazole rings is 1. The number of nitrogens with zero attached hydrogens (tertiary/aromatic N) is 3. The molecule has 0 N–H and O–H groups in total. The second-order valence-electron chi connectivity index (χ2n) is 3.72. The summed E-state index contributed by atoms with van der Waals surface area (Å²) in [6.45, 7) is 0. The van der Waals surface area contributed by atoms with Crippen LogP contribution < -0.4 is 4.98 Å². The first-order valence-corrected chi connectivity index (χ1v) is 5.17. The summed E-state index contributed by atoms with van der Waals surface area (Å²) in [4.78, 5) is 11.2. The molecule has 2 heterocycles. The van der Waals surface area contributed by atoms with Crippen molar-refractivity contribution in [2.45, 2.75) is 0 Å². The molecule has 0 bridgehead atoms. The van der Waals surface area contributed by atoms with Gasteiger partial charge in [0.2, 0.25) is 0 Å². The molecule has 1 radical (unpaired) electrons. The standard InChI is InChI=1S/C12H4F4N3.Rh/c13-6-7(14)9(16)11-10(8(6)15)18-12(19-11)5-3-1-2-4-17-5;/h1-4H;/q-1;. The second-order valence-corrected chi connectivity index (χ2v) is 3.72. The van der Waals surface area contributed by atoms with Gasteiger partial charge in [0.1, 0.15) is 0 Å². The Morgan fingerprint density at radius 2 is 1.60 bits per heavy atom. The predicted molar refractivity (Wildman–Crippen MR) is 58.1 cm³/mol. The summed E-state index contributed by atoms with van der Waals surface area (Å²) in [7, 11) is 0. The van der Waals surface area contributed by atoms with Crippen LogP contribution >= 0.6 is 0 Å². The van der Waals surface area contributed by atoms with Crippen molar-refractivity contribution >= 4 is 11.0 Å². The third-order valence-corrected chi connectivity index (χ3v) is 2.55. The van der Waals surface area contributed by atoms with Crippen LogP contribution in [-0.2, 0) is 19.5 Å². The number of hydrogen-bond donors (Lipinski definition) is 0. The third-order valence-electron chi connectivity index (χ3n) is 2.55. The van der Waals surface area contributed by atoms with Gasteiger partial charge >= 0.3 is 0 Å². The third kappa shape index (κ3) is 2.10. The summed E-state index contributed by atoms with van der Waals surface area (Å²) in [5.74, 6) is -7.04. The molecule has 0 fully saturated rings. The van der Waals surface area contributed by atoms with Gasteiger partial charge in [0.15, 0.2) is 23.3 Å². The molecule has 3 nitrogen and oxygen atoms in total. The van der Waals surface area contributed by atoms with Gasteiger partial charge in [0.05, 0.1) is 5.69 Å². The number of hydrogen-bond acceptors (Lipinski definition) is 2. The van der Waals surface area contributed by atoms with E-state index in [1.165, 1.54) is 12.3 Å². The number of fused-ring (bicyclic) bond motifs is 1. The molecule has 105 valence electrons. The first-order valence-electron chi connectivity index (χ1n) is 5.17. The molecule has 20 heavy (non-hydrogen) atoms. The number of aromatic nitrogens is 3. The van der Waals surface area contributed by atoms with Crippen molar-refractivity contribution in [3.8, 4) is 11.5 Å². The Hall–Kier alpha value is -1.82. The molecular formula is C12H4F4N3Rh-. The molecule has 0 aliphatic heterocycles. The topological polar surface area (TPSA) is 39.9 Å². The van der Waals surface area contributed by atoms with E-state index in [0.29, 0.717) is 0 Å². The smallest absolute Gasteiger partial charge is 0.197 e. The van der Waals surface area contributed by atoms with Crippen LogP contribution in [0.2, 0.25) is 0 Å². The molecule has 1 aromatic carbocycles. The van der Waals surface area contributed by atoms with Crippen molar-refractivity contribution in [3.05, 3.63) is 47.7 Å². The Balaban J connectivity index is 0.00000147. The maximum Gasteiger partial charge on any atom is 0.197 e. The van der Waals surface area contributed by atoms with Gasteiger partial charge in [0, 0.05) is 36.7 Å². The largest absolute Gasteiger partial charge is 0.432 e. The van der Waals surface area contributed by atoms with Crippen molar-refractivity contribution in [2.24, 2.45) is 0 Å².